The molecule has 0 radical (unpaired) electrons. The highest BCUT2D eigenvalue weighted by Crippen LogP contribution is 2.13. The maximum Gasteiger partial charge on any atom is 0.119 e. The predicted molar refractivity (Wildman–Crippen MR) is 74.4 cm³/mol. The summed E-state index contributed by atoms with van der Waals surface area (Å²) in [4.78, 5) is 2.09. The molecule has 1 aliphatic heterocycles. The van der Waals surface area contributed by atoms with Gasteiger partial charge in [0.05, 0.1) is 6.10 Å². The fourth-order valence-electron chi connectivity index (χ4n) is 2.37. The predicted octanol–water partition coefficient (Wildman–Crippen LogP) is 1.19. The molecule has 2 rings (SSSR count). The number of rotatable bonds is 5. The van der Waals surface area contributed by atoms with E-state index in [2.05, 4.69) is 4.90 Å². The van der Waals surface area contributed by atoms with Crippen molar-refractivity contribution in [3.63, 3.8) is 0 Å². The van der Waals surface area contributed by atoms with Gasteiger partial charge in [0.15, 0.2) is 0 Å². The van der Waals surface area contributed by atoms with Gasteiger partial charge in [0.2, 0.25) is 0 Å². The first-order valence-corrected chi connectivity index (χ1v) is 6.91. The number of likely N-dealkylation sites (tertiary alicyclic amines) is 1. The van der Waals surface area contributed by atoms with Crippen molar-refractivity contribution in [3.05, 3.63) is 29.8 Å². The van der Waals surface area contributed by atoms with Gasteiger partial charge in [-0.05, 0) is 38.4 Å². The molecule has 0 aromatic heterocycles. The van der Waals surface area contributed by atoms with Gasteiger partial charge in [0, 0.05) is 13.1 Å². The Labute approximate surface area is 114 Å². The van der Waals surface area contributed by atoms with Crippen molar-refractivity contribution >= 4 is 0 Å². The quantitative estimate of drug-likeness (QED) is 0.840. The third kappa shape index (κ3) is 4.82. The van der Waals surface area contributed by atoms with Gasteiger partial charge in [-0.15, -0.1) is 0 Å². The zero-order valence-corrected chi connectivity index (χ0v) is 11.5. The number of aliphatic hydroxyl groups excluding tert-OH is 2. The van der Waals surface area contributed by atoms with Crippen molar-refractivity contribution in [3.8, 4) is 5.75 Å². The molecule has 1 aromatic rings. The maximum absolute atomic E-state index is 9.96. The Morgan fingerprint density at radius 1 is 1.37 bits per heavy atom. The maximum atomic E-state index is 9.96. The number of ether oxygens (including phenoxy) is 1. The van der Waals surface area contributed by atoms with Crippen LogP contribution in [0.25, 0.3) is 0 Å². The van der Waals surface area contributed by atoms with Crippen molar-refractivity contribution in [2.75, 3.05) is 26.2 Å². The number of aryl methyl sites for hydroxylation is 1. The number of β-amino-alcohol motifs (C(OH)–C–C–N with tert-alkyl or cyclic N) is 2. The minimum atomic E-state index is -0.522. The first-order valence-electron chi connectivity index (χ1n) is 6.91. The monoisotopic (exact) mass is 265 g/mol. The van der Waals surface area contributed by atoms with Crippen molar-refractivity contribution in [2.45, 2.75) is 32.0 Å². The van der Waals surface area contributed by atoms with Crippen LogP contribution in [-0.2, 0) is 0 Å². The Kier molecular flexibility index (Phi) is 5.19. The minimum absolute atomic E-state index is 0.251. The van der Waals surface area contributed by atoms with Gasteiger partial charge in [-0.1, -0.05) is 17.7 Å². The molecular formula is C15H23NO3. The van der Waals surface area contributed by atoms with E-state index in [0.29, 0.717) is 13.1 Å². The summed E-state index contributed by atoms with van der Waals surface area (Å²) in [5.41, 5.74) is 1.19. The zero-order chi connectivity index (χ0) is 13.7. The number of piperidine rings is 1. The van der Waals surface area contributed by atoms with Crippen LogP contribution in [0.5, 0.6) is 5.75 Å². The molecule has 2 N–H and O–H groups in total. The standard InChI is InChI=1S/C15H23NO3/c1-12-4-6-15(7-5-12)19-11-14(18)10-16-8-2-3-13(17)9-16/h4-7,13-14,17-18H,2-3,8-11H2,1H3/t13-,14+/m0/s1. The molecule has 1 aromatic carbocycles. The topological polar surface area (TPSA) is 52.9 Å². The first kappa shape index (κ1) is 14.3. The third-order valence-electron chi connectivity index (χ3n) is 3.41. The van der Waals surface area contributed by atoms with Crippen LogP contribution in [0.3, 0.4) is 0 Å². The van der Waals surface area contributed by atoms with Gasteiger partial charge in [0.1, 0.15) is 18.5 Å². The van der Waals surface area contributed by atoms with Gasteiger partial charge >= 0.3 is 0 Å². The Morgan fingerprint density at radius 3 is 2.79 bits per heavy atom. The van der Waals surface area contributed by atoms with E-state index in [1.807, 2.05) is 31.2 Å². The Bertz CT molecular complexity index is 379. The van der Waals surface area contributed by atoms with E-state index < -0.39 is 6.10 Å². The molecule has 0 amide bonds. The highest BCUT2D eigenvalue weighted by molar-refractivity contribution is 5.26. The Balaban J connectivity index is 1.72. The van der Waals surface area contributed by atoms with E-state index in [1.54, 1.807) is 0 Å². The molecule has 106 valence electrons. The second-order valence-corrected chi connectivity index (χ2v) is 5.33. The Morgan fingerprint density at radius 2 is 2.11 bits per heavy atom. The van der Waals surface area contributed by atoms with Gasteiger partial charge in [-0.3, -0.25) is 4.90 Å². The fourth-order valence-corrected chi connectivity index (χ4v) is 2.37. The molecule has 1 fully saturated rings. The number of aliphatic hydroxyl groups is 2. The molecule has 1 heterocycles. The smallest absolute Gasteiger partial charge is 0.119 e. The largest absolute Gasteiger partial charge is 0.491 e. The summed E-state index contributed by atoms with van der Waals surface area (Å²) in [6, 6.07) is 7.80. The number of hydrogen-bond acceptors (Lipinski definition) is 4. The molecule has 0 unspecified atom stereocenters. The van der Waals surface area contributed by atoms with Crippen LogP contribution in [0.1, 0.15) is 18.4 Å². The normalized spacial score (nSPS) is 22.2. The van der Waals surface area contributed by atoms with Gasteiger partial charge in [-0.25, -0.2) is 0 Å². The van der Waals surface area contributed by atoms with Crippen LogP contribution in [-0.4, -0.2) is 53.6 Å². The summed E-state index contributed by atoms with van der Waals surface area (Å²) in [5.74, 6) is 0.781. The van der Waals surface area contributed by atoms with Crippen LogP contribution < -0.4 is 4.74 Å². The number of nitrogens with zero attached hydrogens (tertiary/aromatic N) is 1. The summed E-state index contributed by atoms with van der Waals surface area (Å²) in [6.07, 6.45) is 1.09. The van der Waals surface area contributed by atoms with Crippen LogP contribution in [0, 0.1) is 6.92 Å². The van der Waals surface area contributed by atoms with Crippen LogP contribution in [0.15, 0.2) is 24.3 Å². The van der Waals surface area contributed by atoms with E-state index in [1.165, 1.54) is 5.56 Å². The molecule has 0 bridgehead atoms. The summed E-state index contributed by atoms with van der Waals surface area (Å²) < 4.78 is 5.55. The number of benzene rings is 1. The summed E-state index contributed by atoms with van der Waals surface area (Å²) in [6.45, 7) is 4.47. The molecule has 19 heavy (non-hydrogen) atoms. The second kappa shape index (κ2) is 6.89. The molecule has 4 heteroatoms. The van der Waals surface area contributed by atoms with Gasteiger partial charge in [0.25, 0.3) is 0 Å². The molecule has 4 nitrogen and oxygen atoms in total. The van der Waals surface area contributed by atoms with Crippen molar-refractivity contribution in [2.24, 2.45) is 0 Å². The molecular weight excluding hydrogens is 242 g/mol. The van der Waals surface area contributed by atoms with Crippen molar-refractivity contribution in [1.29, 1.82) is 0 Å². The van der Waals surface area contributed by atoms with Gasteiger partial charge < -0.3 is 14.9 Å². The van der Waals surface area contributed by atoms with E-state index >= 15 is 0 Å². The Hall–Kier alpha value is -1.10. The van der Waals surface area contributed by atoms with E-state index in [-0.39, 0.29) is 12.7 Å². The van der Waals surface area contributed by atoms with Gasteiger partial charge in [-0.2, -0.15) is 0 Å². The fraction of sp³-hybridized carbons (Fsp3) is 0.600. The number of hydrogen-bond donors (Lipinski definition) is 2. The highest BCUT2D eigenvalue weighted by atomic mass is 16.5. The lowest BCUT2D eigenvalue weighted by Gasteiger charge is -2.31. The zero-order valence-electron chi connectivity index (χ0n) is 11.5. The second-order valence-electron chi connectivity index (χ2n) is 5.33. The highest BCUT2D eigenvalue weighted by Gasteiger charge is 2.20. The van der Waals surface area contributed by atoms with E-state index in [9.17, 15) is 10.2 Å². The lowest BCUT2D eigenvalue weighted by molar-refractivity contribution is 0.0243. The lowest BCUT2D eigenvalue weighted by Crippen LogP contribution is -2.43. The van der Waals surface area contributed by atoms with Crippen molar-refractivity contribution in [1.82, 2.24) is 4.90 Å². The molecule has 1 aliphatic rings. The molecule has 0 saturated carbocycles. The van der Waals surface area contributed by atoms with Crippen LogP contribution in [0.4, 0.5) is 0 Å². The molecule has 0 aliphatic carbocycles. The minimum Gasteiger partial charge on any atom is -0.491 e. The SMILES string of the molecule is Cc1ccc(OC[C@H](O)CN2CCC[C@H](O)C2)cc1. The molecule has 0 spiro atoms. The summed E-state index contributed by atoms with van der Waals surface area (Å²) in [5, 5.41) is 19.5. The lowest BCUT2D eigenvalue weighted by atomic mass is 10.1. The van der Waals surface area contributed by atoms with Crippen molar-refractivity contribution < 1.29 is 14.9 Å². The molecule has 2 atom stereocenters. The van der Waals surface area contributed by atoms with Crippen LogP contribution in [0.2, 0.25) is 0 Å². The molecule has 1 saturated heterocycles. The van der Waals surface area contributed by atoms with E-state index in [0.717, 1.165) is 25.1 Å². The van der Waals surface area contributed by atoms with Crippen LogP contribution >= 0.6 is 0 Å². The average Bonchev–Trinajstić information content (AvgIpc) is 2.38. The summed E-state index contributed by atoms with van der Waals surface area (Å²) in [7, 11) is 0. The third-order valence-corrected chi connectivity index (χ3v) is 3.41. The first-order chi connectivity index (χ1) is 9.13. The van der Waals surface area contributed by atoms with E-state index in [4.69, 9.17) is 4.74 Å². The summed E-state index contributed by atoms with van der Waals surface area (Å²) >= 11 is 0. The average molecular weight is 265 g/mol.